The van der Waals surface area contributed by atoms with Gasteiger partial charge in [0.05, 0.1) is 4.90 Å². The zero-order valence-electron chi connectivity index (χ0n) is 14.6. The molecule has 0 fully saturated rings. The van der Waals surface area contributed by atoms with Crippen molar-refractivity contribution in [2.45, 2.75) is 11.3 Å². The Hall–Kier alpha value is -2.39. The van der Waals surface area contributed by atoms with Crippen molar-refractivity contribution in [2.24, 2.45) is 0 Å². The second-order valence-corrected chi connectivity index (χ2v) is 9.64. The lowest BCUT2D eigenvalue weighted by Crippen LogP contribution is -2.15. The van der Waals surface area contributed by atoms with E-state index in [9.17, 15) is 13.2 Å². The zero-order chi connectivity index (χ0) is 20.6. The number of nitrogens with zero attached hydrogens (tertiary/aromatic N) is 1. The summed E-state index contributed by atoms with van der Waals surface area (Å²) in [5.41, 5.74) is 2.70. The number of fused-ring (bicyclic) bond motifs is 1. The number of carbonyl (C=O) groups excluding carboxylic acids is 1. The number of carbonyl (C=O) groups is 1. The first-order valence-corrected chi connectivity index (χ1v) is 11.5. The molecule has 148 valence electrons. The molecule has 0 bridgehead atoms. The van der Waals surface area contributed by atoms with E-state index in [1.165, 1.54) is 41.8 Å². The smallest absolute Gasteiger partial charge is 0.263 e. The van der Waals surface area contributed by atoms with Crippen molar-refractivity contribution in [3.05, 3.63) is 74.7 Å². The Balaban J connectivity index is 1.46. The maximum atomic E-state index is 12.6. The number of benzene rings is 2. The number of thiazole rings is 1. The van der Waals surface area contributed by atoms with Crippen LogP contribution in [0, 0.1) is 0 Å². The molecule has 1 heterocycles. The first-order chi connectivity index (χ1) is 13.8. The van der Waals surface area contributed by atoms with Crippen LogP contribution >= 0.6 is 34.5 Å². The van der Waals surface area contributed by atoms with E-state index < -0.39 is 10.0 Å². The van der Waals surface area contributed by atoms with E-state index in [0.29, 0.717) is 27.7 Å². The number of hydrogen-bond donors (Lipinski definition) is 2. The Kier molecular flexibility index (Phi) is 5.35. The molecule has 0 aliphatic heterocycles. The average molecular weight is 466 g/mol. The van der Waals surface area contributed by atoms with Gasteiger partial charge in [-0.25, -0.2) is 13.4 Å². The lowest BCUT2D eigenvalue weighted by atomic mass is 10.1. The van der Waals surface area contributed by atoms with Crippen LogP contribution in [0.2, 0.25) is 10.0 Å². The number of aromatic nitrogens is 1. The van der Waals surface area contributed by atoms with Crippen LogP contribution < -0.4 is 10.0 Å². The van der Waals surface area contributed by atoms with Crippen LogP contribution in [-0.2, 0) is 21.2 Å². The average Bonchev–Trinajstić information content (AvgIpc) is 3.31. The van der Waals surface area contributed by atoms with E-state index in [2.05, 4.69) is 15.0 Å². The van der Waals surface area contributed by atoms with Gasteiger partial charge < -0.3 is 5.32 Å². The number of anilines is 2. The minimum Gasteiger partial charge on any atom is -0.322 e. The molecule has 3 aromatic rings. The summed E-state index contributed by atoms with van der Waals surface area (Å²) >= 11 is 13.4. The van der Waals surface area contributed by atoms with Crippen molar-refractivity contribution >= 4 is 67.4 Å². The Labute approximate surface area is 181 Å². The summed E-state index contributed by atoms with van der Waals surface area (Å²) < 4.78 is 27.1. The summed E-state index contributed by atoms with van der Waals surface area (Å²) in [5, 5.41) is 5.76. The van der Waals surface area contributed by atoms with Crippen molar-refractivity contribution in [1.82, 2.24) is 4.98 Å². The van der Waals surface area contributed by atoms with E-state index in [1.54, 1.807) is 23.6 Å². The normalized spacial score (nSPS) is 13.0. The number of nitrogens with one attached hydrogen (secondary N) is 2. The maximum Gasteiger partial charge on any atom is 0.263 e. The highest BCUT2D eigenvalue weighted by Gasteiger charge is 2.22. The third kappa shape index (κ3) is 4.30. The van der Waals surface area contributed by atoms with Crippen molar-refractivity contribution in [3.63, 3.8) is 0 Å². The standard InChI is InChI=1S/C19H13Cl2N3O3S2/c20-13-8-11-7-12(9-16(11)17(21)10-13)18(25)23-14-1-3-15(4-2-14)29(26,27)24-19-22-5-6-28-19/h1-8,10H,9H2,(H,22,24)(H,23,25). The molecule has 2 aromatic carbocycles. The number of hydrogen-bond acceptors (Lipinski definition) is 5. The molecule has 1 aliphatic carbocycles. The van der Waals surface area contributed by atoms with E-state index in [4.69, 9.17) is 23.2 Å². The van der Waals surface area contributed by atoms with E-state index in [1.807, 2.05) is 0 Å². The Morgan fingerprint density at radius 3 is 2.59 bits per heavy atom. The van der Waals surface area contributed by atoms with Crippen LogP contribution in [0.15, 0.2) is 58.4 Å². The molecule has 0 spiro atoms. The quantitative estimate of drug-likeness (QED) is 0.564. The molecule has 1 amide bonds. The van der Waals surface area contributed by atoms with E-state index >= 15 is 0 Å². The zero-order valence-corrected chi connectivity index (χ0v) is 17.8. The van der Waals surface area contributed by atoms with Crippen molar-refractivity contribution < 1.29 is 13.2 Å². The predicted octanol–water partition coefficient (Wildman–Crippen LogP) is 4.83. The van der Waals surface area contributed by atoms with Crippen molar-refractivity contribution in [3.8, 4) is 0 Å². The SMILES string of the molecule is O=C(Nc1ccc(S(=O)(=O)Nc2nccs2)cc1)C1=Cc2cc(Cl)cc(Cl)c2C1. The highest BCUT2D eigenvalue weighted by atomic mass is 35.5. The van der Waals surface area contributed by atoms with Crippen molar-refractivity contribution in [2.75, 3.05) is 10.0 Å². The minimum atomic E-state index is -3.74. The molecule has 4 rings (SSSR count). The molecule has 0 saturated carbocycles. The van der Waals surface area contributed by atoms with Gasteiger partial charge in [0.1, 0.15) is 0 Å². The predicted molar refractivity (Wildman–Crippen MR) is 116 cm³/mol. The van der Waals surface area contributed by atoms with Crippen molar-refractivity contribution in [1.29, 1.82) is 0 Å². The number of sulfonamides is 1. The fourth-order valence-electron chi connectivity index (χ4n) is 2.89. The summed E-state index contributed by atoms with van der Waals surface area (Å²) in [6.07, 6.45) is 3.67. The van der Waals surface area contributed by atoms with Crippen LogP contribution in [0.25, 0.3) is 6.08 Å². The van der Waals surface area contributed by atoms with Gasteiger partial charge >= 0.3 is 0 Å². The van der Waals surface area contributed by atoms with Gasteiger partial charge in [-0.2, -0.15) is 0 Å². The summed E-state index contributed by atoms with van der Waals surface area (Å²) in [6, 6.07) is 9.30. The van der Waals surface area contributed by atoms with Gasteiger partial charge in [-0.1, -0.05) is 23.2 Å². The molecule has 0 saturated heterocycles. The third-order valence-corrected chi connectivity index (χ3v) is 6.99. The third-order valence-electron chi connectivity index (χ3n) is 4.26. The summed E-state index contributed by atoms with van der Waals surface area (Å²) in [5.74, 6) is -0.287. The highest BCUT2D eigenvalue weighted by molar-refractivity contribution is 7.93. The number of amides is 1. The van der Waals surface area contributed by atoms with Gasteiger partial charge in [0, 0.05) is 39.3 Å². The summed E-state index contributed by atoms with van der Waals surface area (Å²) in [4.78, 5) is 16.6. The largest absolute Gasteiger partial charge is 0.322 e. The fourth-order valence-corrected chi connectivity index (χ4v) is 5.25. The van der Waals surface area contributed by atoms with Crippen LogP contribution in [0.1, 0.15) is 11.1 Å². The second-order valence-electron chi connectivity index (χ2n) is 6.22. The molecule has 1 aromatic heterocycles. The molecule has 1 aliphatic rings. The Morgan fingerprint density at radius 2 is 1.90 bits per heavy atom. The Morgan fingerprint density at radius 1 is 1.14 bits per heavy atom. The molecule has 0 unspecified atom stereocenters. The van der Waals surface area contributed by atoms with Crippen LogP contribution in [0.3, 0.4) is 0 Å². The van der Waals surface area contributed by atoms with Crippen LogP contribution in [0.4, 0.5) is 10.8 Å². The molecule has 10 heteroatoms. The number of halogens is 2. The first-order valence-electron chi connectivity index (χ1n) is 8.34. The van der Waals surface area contributed by atoms with Gasteiger partial charge in [-0.05, 0) is 53.6 Å². The van der Waals surface area contributed by atoms with Gasteiger partial charge in [0.25, 0.3) is 15.9 Å². The maximum absolute atomic E-state index is 12.6. The molecular weight excluding hydrogens is 453 g/mol. The summed E-state index contributed by atoms with van der Waals surface area (Å²) in [6.45, 7) is 0. The van der Waals surface area contributed by atoms with Gasteiger partial charge in [0.2, 0.25) is 0 Å². The minimum absolute atomic E-state index is 0.0691. The lowest BCUT2D eigenvalue weighted by Gasteiger charge is -2.08. The topological polar surface area (TPSA) is 88.2 Å². The van der Waals surface area contributed by atoms with Crippen LogP contribution in [-0.4, -0.2) is 19.3 Å². The van der Waals surface area contributed by atoms with Gasteiger partial charge in [-0.3, -0.25) is 9.52 Å². The number of rotatable bonds is 5. The van der Waals surface area contributed by atoms with Gasteiger partial charge in [0.15, 0.2) is 5.13 Å². The van der Waals surface area contributed by atoms with Crippen LogP contribution in [0.5, 0.6) is 0 Å². The molecule has 29 heavy (non-hydrogen) atoms. The summed E-state index contributed by atoms with van der Waals surface area (Å²) in [7, 11) is -3.74. The molecule has 2 N–H and O–H groups in total. The molecule has 0 radical (unpaired) electrons. The van der Waals surface area contributed by atoms with Gasteiger partial charge in [-0.15, -0.1) is 11.3 Å². The molecule has 0 atom stereocenters. The lowest BCUT2D eigenvalue weighted by molar-refractivity contribution is -0.112. The first kappa shape index (κ1) is 19.9. The van der Waals surface area contributed by atoms with E-state index in [-0.39, 0.29) is 15.9 Å². The van der Waals surface area contributed by atoms with E-state index in [0.717, 1.165) is 11.1 Å². The second kappa shape index (κ2) is 7.79. The monoisotopic (exact) mass is 465 g/mol. The Bertz CT molecular complexity index is 1220. The molecular formula is C19H13Cl2N3O3S2. The molecule has 6 nitrogen and oxygen atoms in total. The fraction of sp³-hybridized carbons (Fsp3) is 0.0526. The highest BCUT2D eigenvalue weighted by Crippen LogP contribution is 2.34.